The van der Waals surface area contributed by atoms with E-state index in [1.807, 2.05) is 25.9 Å². The number of aliphatic hydroxyl groups excluding tert-OH is 1. The van der Waals surface area contributed by atoms with E-state index >= 15 is 0 Å². The second-order valence-electron chi connectivity index (χ2n) is 13.8. The molecule has 0 spiro atoms. The minimum atomic E-state index is -1.35. The molecule has 0 aliphatic carbocycles. The molecule has 1 amide bonds. The Morgan fingerprint density at radius 2 is 1.71 bits per heavy atom. The average molecular weight is 639 g/mol. The van der Waals surface area contributed by atoms with Crippen molar-refractivity contribution in [2.24, 2.45) is 23.7 Å². The Morgan fingerprint density at radius 1 is 1.07 bits per heavy atom. The van der Waals surface area contributed by atoms with Gasteiger partial charge in [0.1, 0.15) is 23.9 Å². The van der Waals surface area contributed by atoms with Crippen molar-refractivity contribution in [2.75, 3.05) is 20.7 Å². The summed E-state index contributed by atoms with van der Waals surface area (Å²) in [7, 11) is 3.73. The Kier molecular flexibility index (Phi) is 12.0. The van der Waals surface area contributed by atoms with Gasteiger partial charge in [-0.3, -0.25) is 14.4 Å². The van der Waals surface area contributed by atoms with Crippen LogP contribution in [0.15, 0.2) is 12.7 Å². The summed E-state index contributed by atoms with van der Waals surface area (Å²) >= 11 is 0. The van der Waals surface area contributed by atoms with Gasteiger partial charge in [0.25, 0.3) is 0 Å². The highest BCUT2D eigenvalue weighted by Crippen LogP contribution is 2.40. The Hall–Kier alpha value is -2.38. The Morgan fingerprint density at radius 3 is 2.29 bits per heavy atom. The number of carbonyl (C=O) groups is 4. The maximum absolute atomic E-state index is 14.1. The molecule has 45 heavy (non-hydrogen) atoms. The minimum Gasteiger partial charge on any atom is -0.458 e. The molecule has 0 saturated carbocycles. The lowest BCUT2D eigenvalue weighted by Crippen LogP contribution is -2.60. The quantitative estimate of drug-likeness (QED) is 0.241. The molecule has 3 aliphatic heterocycles. The van der Waals surface area contributed by atoms with Crippen LogP contribution in [0, 0.1) is 23.7 Å². The Bertz CT molecular complexity index is 1120. The summed E-state index contributed by atoms with van der Waals surface area (Å²) in [6.45, 7) is 17.5. The lowest BCUT2D eigenvalue weighted by molar-refractivity contribution is -0.296. The number of Topliss-reactive ketones (excluding diaryl/α,β-unsaturated/α-hetero) is 2. The third-order valence-electron chi connectivity index (χ3n) is 9.99. The molecule has 0 unspecified atom stereocenters. The van der Waals surface area contributed by atoms with Crippen LogP contribution in [-0.4, -0.2) is 108 Å². The van der Waals surface area contributed by atoms with Crippen molar-refractivity contribution < 1.29 is 48.0 Å². The molecule has 3 heterocycles. The predicted molar refractivity (Wildman–Crippen MR) is 165 cm³/mol. The van der Waals surface area contributed by atoms with Crippen LogP contribution in [-0.2, 0) is 38.1 Å². The zero-order chi connectivity index (χ0) is 34.0. The third-order valence-corrected chi connectivity index (χ3v) is 9.99. The molecule has 0 bridgehead atoms. The lowest BCUT2D eigenvalue weighted by Gasteiger charge is -2.47. The van der Waals surface area contributed by atoms with Gasteiger partial charge in [-0.2, -0.15) is 0 Å². The fourth-order valence-electron chi connectivity index (χ4n) is 7.38. The fraction of sp³-hybridized carbons (Fsp3) is 0.818. The summed E-state index contributed by atoms with van der Waals surface area (Å²) in [5, 5.41) is 14.1. The first-order chi connectivity index (χ1) is 20.9. The van der Waals surface area contributed by atoms with Gasteiger partial charge in [0.05, 0.1) is 30.5 Å². The molecule has 13 atom stereocenters. The normalized spacial score (nSPS) is 43.6. The number of likely N-dealkylation sites (N-methyl/N-ethyl adjacent to an activating group) is 1. The van der Waals surface area contributed by atoms with E-state index in [-0.39, 0.29) is 37.4 Å². The molecule has 12 nitrogen and oxygen atoms in total. The van der Waals surface area contributed by atoms with Crippen molar-refractivity contribution in [1.82, 2.24) is 10.2 Å². The van der Waals surface area contributed by atoms with Crippen molar-refractivity contribution in [3.63, 3.8) is 0 Å². The van der Waals surface area contributed by atoms with Crippen molar-refractivity contribution >= 4 is 23.6 Å². The van der Waals surface area contributed by atoms with Gasteiger partial charge in [0, 0.05) is 23.8 Å². The molecule has 0 aromatic carbocycles. The topological polar surface area (TPSA) is 150 Å². The van der Waals surface area contributed by atoms with Gasteiger partial charge in [0.2, 0.25) is 0 Å². The third kappa shape index (κ3) is 7.62. The van der Waals surface area contributed by atoms with Gasteiger partial charge in [-0.25, -0.2) is 4.79 Å². The van der Waals surface area contributed by atoms with E-state index in [1.54, 1.807) is 47.6 Å². The number of ether oxygens (including phenoxy) is 5. The molecule has 0 radical (unpaired) electrons. The number of hydrogen-bond donors (Lipinski definition) is 2. The number of ketones is 2. The van der Waals surface area contributed by atoms with Crippen LogP contribution in [0.4, 0.5) is 4.79 Å². The number of esters is 1. The molecule has 3 fully saturated rings. The van der Waals surface area contributed by atoms with Crippen molar-refractivity contribution in [1.29, 1.82) is 0 Å². The number of carbonyl (C=O) groups excluding carboxylic acids is 4. The van der Waals surface area contributed by atoms with Crippen molar-refractivity contribution in [3.05, 3.63) is 12.7 Å². The zero-order valence-electron chi connectivity index (χ0n) is 28.5. The summed E-state index contributed by atoms with van der Waals surface area (Å²) in [5.41, 5.74) is -2.63. The van der Waals surface area contributed by atoms with E-state index in [0.29, 0.717) is 6.42 Å². The number of amides is 1. The van der Waals surface area contributed by atoms with Crippen LogP contribution in [0.25, 0.3) is 0 Å². The molecule has 2 N–H and O–H groups in total. The molecule has 3 saturated heterocycles. The van der Waals surface area contributed by atoms with Gasteiger partial charge >= 0.3 is 12.1 Å². The number of rotatable bonds is 7. The first kappa shape index (κ1) is 37.1. The van der Waals surface area contributed by atoms with E-state index in [0.717, 1.165) is 0 Å². The number of nitrogens with zero attached hydrogens (tertiary/aromatic N) is 1. The number of fused-ring (bicyclic) bond motifs is 1. The first-order valence-electron chi connectivity index (χ1n) is 16.1. The maximum atomic E-state index is 14.1. The van der Waals surface area contributed by atoms with Gasteiger partial charge in [-0.15, -0.1) is 6.58 Å². The molecule has 3 aliphatic rings. The van der Waals surface area contributed by atoms with Gasteiger partial charge < -0.3 is 39.0 Å². The van der Waals surface area contributed by atoms with E-state index in [2.05, 4.69) is 11.9 Å². The van der Waals surface area contributed by atoms with Gasteiger partial charge in [0.15, 0.2) is 17.7 Å². The number of alkyl carbamates (subject to hydrolysis) is 1. The molecule has 0 aromatic rings. The minimum absolute atomic E-state index is 0.0822. The van der Waals surface area contributed by atoms with Crippen molar-refractivity contribution in [2.45, 2.75) is 129 Å². The average Bonchev–Trinajstić information content (AvgIpc) is 3.30. The zero-order valence-corrected chi connectivity index (χ0v) is 28.5. The van der Waals surface area contributed by atoms with Gasteiger partial charge in [-0.05, 0) is 61.1 Å². The second kappa shape index (κ2) is 14.6. The smallest absolute Gasteiger partial charge is 0.408 e. The van der Waals surface area contributed by atoms with E-state index in [9.17, 15) is 24.3 Å². The van der Waals surface area contributed by atoms with Crippen LogP contribution in [0.1, 0.15) is 74.7 Å². The molecule has 3 rings (SSSR count). The van der Waals surface area contributed by atoms with Crippen LogP contribution in [0.3, 0.4) is 0 Å². The van der Waals surface area contributed by atoms with Crippen LogP contribution in [0.2, 0.25) is 0 Å². The molecule has 256 valence electrons. The summed E-state index contributed by atoms with van der Waals surface area (Å²) in [6.07, 6.45) is -2.57. The fourth-order valence-corrected chi connectivity index (χ4v) is 7.38. The number of nitrogens with one attached hydrogen (secondary N) is 1. The largest absolute Gasteiger partial charge is 0.458 e. The monoisotopic (exact) mass is 638 g/mol. The first-order valence-corrected chi connectivity index (χ1v) is 16.1. The highest BCUT2D eigenvalue weighted by Gasteiger charge is 2.57. The SMILES string of the molecule is C=CCO[C@]1(C)C[C@@H](C)C(=O)[C@H](C)[C@@H]2NC(=O)O[C@]2(C)[C@@H](CC)OC(=O)[C@H](C)C(=O)[C@H](C)[C@H]1O[C@@H]1O[C@H](C)C[C@H](N(C)C)[C@H]1O. The molecule has 12 heteroatoms. The standard InChI is InChI=1S/C33H54N2O10/c1-12-14-41-32(8)16-17(3)24(36)19(5)27-33(9,45-31(40)34-27)23(13-2)43-29(39)21(7)25(37)20(6)28(32)44-30-26(38)22(35(10)11)15-18(4)42-30/h12,17-23,26-28,30,38H,1,13-16H2,2-11H3,(H,34,40)/t17-,18-,19+,20+,21-,22+,23-,26-,27+,28-,30+,32-,33-/m1/s1. The molecule has 0 aromatic heterocycles. The number of hydrogen-bond acceptors (Lipinski definition) is 11. The van der Waals surface area contributed by atoms with E-state index in [4.69, 9.17) is 23.7 Å². The Labute approximate surface area is 267 Å². The highest BCUT2D eigenvalue weighted by molar-refractivity contribution is 6.00. The van der Waals surface area contributed by atoms with E-state index < -0.39 is 83.4 Å². The second-order valence-corrected chi connectivity index (χ2v) is 13.8. The van der Waals surface area contributed by atoms with Gasteiger partial charge in [-0.1, -0.05) is 33.8 Å². The van der Waals surface area contributed by atoms with Crippen LogP contribution in [0.5, 0.6) is 0 Å². The lowest BCUT2D eigenvalue weighted by atomic mass is 9.73. The number of aliphatic hydroxyl groups is 1. The summed E-state index contributed by atoms with van der Waals surface area (Å²) < 4.78 is 30.6. The van der Waals surface area contributed by atoms with E-state index in [1.165, 1.54) is 6.92 Å². The molecular weight excluding hydrogens is 584 g/mol. The molecular formula is C33H54N2O10. The van der Waals surface area contributed by atoms with Crippen molar-refractivity contribution in [3.8, 4) is 0 Å². The van der Waals surface area contributed by atoms with Crippen LogP contribution < -0.4 is 5.32 Å². The highest BCUT2D eigenvalue weighted by atomic mass is 16.7. The summed E-state index contributed by atoms with van der Waals surface area (Å²) in [4.78, 5) is 56.1. The number of cyclic esters (lactones) is 1. The maximum Gasteiger partial charge on any atom is 0.408 e. The Balaban J connectivity index is 2.14. The summed E-state index contributed by atoms with van der Waals surface area (Å²) in [6, 6.07) is -1.07. The predicted octanol–water partition coefficient (Wildman–Crippen LogP) is 3.03. The summed E-state index contributed by atoms with van der Waals surface area (Å²) in [5.74, 6) is -4.94. The van der Waals surface area contributed by atoms with Crippen LogP contribution >= 0.6 is 0 Å².